The fourth-order valence-electron chi connectivity index (χ4n) is 2.09. The molecule has 0 aliphatic carbocycles. The maximum absolute atomic E-state index is 13.3. The van der Waals surface area contributed by atoms with Crippen molar-refractivity contribution in [1.82, 2.24) is 4.98 Å². The van der Waals surface area contributed by atoms with Gasteiger partial charge in [0.15, 0.2) is 0 Å². The SMILES string of the molecule is Oc1cc(F)c(Cl)cc1-c1cccc2ncccc12. The molecule has 0 unspecified atom stereocenters. The van der Waals surface area contributed by atoms with Crippen LogP contribution >= 0.6 is 11.6 Å². The van der Waals surface area contributed by atoms with Crippen molar-refractivity contribution in [1.29, 1.82) is 0 Å². The van der Waals surface area contributed by atoms with E-state index in [9.17, 15) is 9.50 Å². The molecule has 1 N–H and O–H groups in total. The molecule has 94 valence electrons. The minimum absolute atomic E-state index is 0.0197. The van der Waals surface area contributed by atoms with Gasteiger partial charge in [-0.05, 0) is 23.8 Å². The number of halogens is 2. The summed E-state index contributed by atoms with van der Waals surface area (Å²) in [4.78, 5) is 4.25. The molecule has 2 aromatic carbocycles. The van der Waals surface area contributed by atoms with E-state index in [-0.39, 0.29) is 10.8 Å². The minimum Gasteiger partial charge on any atom is -0.507 e. The molecule has 0 bridgehead atoms. The lowest BCUT2D eigenvalue weighted by Crippen LogP contribution is -1.86. The van der Waals surface area contributed by atoms with Crippen molar-refractivity contribution in [3.8, 4) is 16.9 Å². The van der Waals surface area contributed by atoms with Crippen molar-refractivity contribution in [2.45, 2.75) is 0 Å². The maximum atomic E-state index is 13.3. The normalized spacial score (nSPS) is 10.8. The first kappa shape index (κ1) is 11.9. The summed E-state index contributed by atoms with van der Waals surface area (Å²) in [5, 5.41) is 10.8. The zero-order valence-corrected chi connectivity index (χ0v) is 10.5. The predicted octanol–water partition coefficient (Wildman–Crippen LogP) is 4.40. The summed E-state index contributed by atoms with van der Waals surface area (Å²) in [6.45, 7) is 0. The number of pyridine rings is 1. The number of aromatic hydroxyl groups is 1. The summed E-state index contributed by atoms with van der Waals surface area (Å²) >= 11 is 5.79. The van der Waals surface area contributed by atoms with Gasteiger partial charge in [0.1, 0.15) is 11.6 Å². The van der Waals surface area contributed by atoms with Gasteiger partial charge in [0, 0.05) is 23.2 Å². The van der Waals surface area contributed by atoms with Crippen LogP contribution in [0.4, 0.5) is 4.39 Å². The number of fused-ring (bicyclic) bond motifs is 1. The molecule has 0 spiro atoms. The first-order valence-corrected chi connectivity index (χ1v) is 6.07. The molecule has 0 fully saturated rings. The van der Waals surface area contributed by atoms with E-state index in [1.54, 1.807) is 6.20 Å². The number of hydrogen-bond donors (Lipinski definition) is 1. The van der Waals surface area contributed by atoms with Crippen LogP contribution < -0.4 is 0 Å². The monoisotopic (exact) mass is 273 g/mol. The average molecular weight is 274 g/mol. The van der Waals surface area contributed by atoms with Gasteiger partial charge in [0.2, 0.25) is 0 Å². The van der Waals surface area contributed by atoms with Crippen LogP contribution in [-0.2, 0) is 0 Å². The Morgan fingerprint density at radius 3 is 2.74 bits per heavy atom. The van der Waals surface area contributed by atoms with Crippen LogP contribution in [0.5, 0.6) is 5.75 Å². The van der Waals surface area contributed by atoms with Gasteiger partial charge in [-0.25, -0.2) is 4.39 Å². The van der Waals surface area contributed by atoms with Crippen molar-refractivity contribution in [3.05, 3.63) is 59.5 Å². The van der Waals surface area contributed by atoms with Gasteiger partial charge in [-0.2, -0.15) is 0 Å². The number of nitrogens with zero attached hydrogens (tertiary/aromatic N) is 1. The van der Waals surface area contributed by atoms with Gasteiger partial charge >= 0.3 is 0 Å². The lowest BCUT2D eigenvalue weighted by molar-refractivity contribution is 0.471. The first-order chi connectivity index (χ1) is 9.16. The van der Waals surface area contributed by atoms with Crippen LogP contribution in [0, 0.1) is 5.82 Å². The number of hydrogen-bond acceptors (Lipinski definition) is 2. The summed E-state index contributed by atoms with van der Waals surface area (Å²) < 4.78 is 13.3. The zero-order valence-electron chi connectivity index (χ0n) is 9.77. The van der Waals surface area contributed by atoms with Crippen molar-refractivity contribution in [2.24, 2.45) is 0 Å². The smallest absolute Gasteiger partial charge is 0.145 e. The first-order valence-electron chi connectivity index (χ1n) is 5.69. The molecule has 0 aliphatic rings. The lowest BCUT2D eigenvalue weighted by Gasteiger charge is -2.09. The molecule has 1 aromatic heterocycles. The highest BCUT2D eigenvalue weighted by molar-refractivity contribution is 6.31. The minimum atomic E-state index is -0.638. The number of benzene rings is 2. The standard InChI is InChI=1S/C15H9ClFNO/c16-12-7-11(15(19)8-13(12)17)9-3-1-5-14-10(9)4-2-6-18-14/h1-8,19H. The molecular weight excluding hydrogens is 265 g/mol. The van der Waals surface area contributed by atoms with Gasteiger partial charge in [-0.3, -0.25) is 4.98 Å². The van der Waals surface area contributed by atoms with Crippen LogP contribution in [0.2, 0.25) is 5.02 Å². The third kappa shape index (κ3) is 2.02. The van der Waals surface area contributed by atoms with E-state index in [0.29, 0.717) is 5.56 Å². The predicted molar refractivity (Wildman–Crippen MR) is 73.8 cm³/mol. The Hall–Kier alpha value is -2.13. The van der Waals surface area contributed by atoms with E-state index in [1.807, 2.05) is 30.3 Å². The van der Waals surface area contributed by atoms with Gasteiger partial charge in [-0.15, -0.1) is 0 Å². The molecular formula is C15H9ClFNO. The van der Waals surface area contributed by atoms with Gasteiger partial charge in [0.25, 0.3) is 0 Å². The number of aromatic nitrogens is 1. The highest BCUT2D eigenvalue weighted by atomic mass is 35.5. The van der Waals surface area contributed by atoms with Crippen molar-refractivity contribution in [2.75, 3.05) is 0 Å². The Morgan fingerprint density at radius 2 is 1.89 bits per heavy atom. The van der Waals surface area contributed by atoms with E-state index < -0.39 is 5.82 Å². The maximum Gasteiger partial charge on any atom is 0.145 e. The van der Waals surface area contributed by atoms with Gasteiger partial charge in [0.05, 0.1) is 10.5 Å². The van der Waals surface area contributed by atoms with Crippen LogP contribution in [0.1, 0.15) is 0 Å². The summed E-state index contributed by atoms with van der Waals surface area (Å²) in [5.41, 5.74) is 2.06. The molecule has 4 heteroatoms. The third-order valence-corrected chi connectivity index (χ3v) is 3.26. The second-order valence-corrected chi connectivity index (χ2v) is 4.57. The Morgan fingerprint density at radius 1 is 1.05 bits per heavy atom. The largest absolute Gasteiger partial charge is 0.507 e. The Bertz CT molecular complexity index is 768. The topological polar surface area (TPSA) is 33.1 Å². The van der Waals surface area contributed by atoms with E-state index in [4.69, 9.17) is 11.6 Å². The average Bonchev–Trinajstić information content (AvgIpc) is 2.42. The summed E-state index contributed by atoms with van der Waals surface area (Å²) in [6.07, 6.45) is 1.70. The number of phenolic OH excluding ortho intramolecular Hbond substituents is 1. The van der Waals surface area contributed by atoms with E-state index in [0.717, 1.165) is 22.5 Å². The fourth-order valence-corrected chi connectivity index (χ4v) is 2.25. The molecule has 0 saturated heterocycles. The highest BCUT2D eigenvalue weighted by Crippen LogP contribution is 2.36. The molecule has 0 radical (unpaired) electrons. The van der Waals surface area contributed by atoms with Crippen molar-refractivity contribution in [3.63, 3.8) is 0 Å². The molecule has 3 rings (SSSR count). The number of phenols is 1. The second-order valence-electron chi connectivity index (χ2n) is 4.16. The van der Waals surface area contributed by atoms with Crippen LogP contribution in [0.3, 0.4) is 0 Å². The third-order valence-electron chi connectivity index (χ3n) is 2.97. The van der Waals surface area contributed by atoms with Crippen LogP contribution in [-0.4, -0.2) is 10.1 Å². The van der Waals surface area contributed by atoms with Crippen molar-refractivity contribution >= 4 is 22.5 Å². The van der Waals surface area contributed by atoms with E-state index in [1.165, 1.54) is 6.07 Å². The molecule has 1 heterocycles. The highest BCUT2D eigenvalue weighted by Gasteiger charge is 2.12. The van der Waals surface area contributed by atoms with Gasteiger partial charge in [-0.1, -0.05) is 29.8 Å². The summed E-state index contributed by atoms with van der Waals surface area (Å²) in [6, 6.07) is 11.7. The molecule has 2 nitrogen and oxygen atoms in total. The lowest BCUT2D eigenvalue weighted by atomic mass is 10.00. The molecule has 3 aromatic rings. The van der Waals surface area contributed by atoms with E-state index >= 15 is 0 Å². The Kier molecular flexibility index (Phi) is 2.84. The second kappa shape index (κ2) is 4.52. The Balaban J connectivity index is 2.33. The zero-order chi connectivity index (χ0) is 13.4. The summed E-state index contributed by atoms with van der Waals surface area (Å²) in [7, 11) is 0. The molecule has 0 amide bonds. The Labute approximate surface area is 114 Å². The quantitative estimate of drug-likeness (QED) is 0.713. The van der Waals surface area contributed by atoms with E-state index in [2.05, 4.69) is 4.98 Å². The van der Waals surface area contributed by atoms with Crippen LogP contribution in [0.25, 0.3) is 22.0 Å². The van der Waals surface area contributed by atoms with Crippen LogP contribution in [0.15, 0.2) is 48.7 Å². The summed E-state index contributed by atoms with van der Waals surface area (Å²) in [5.74, 6) is -0.778. The molecule has 0 saturated carbocycles. The molecule has 19 heavy (non-hydrogen) atoms. The number of rotatable bonds is 1. The molecule has 0 atom stereocenters. The van der Waals surface area contributed by atoms with Gasteiger partial charge < -0.3 is 5.11 Å². The van der Waals surface area contributed by atoms with Crippen molar-refractivity contribution < 1.29 is 9.50 Å². The fraction of sp³-hybridized carbons (Fsp3) is 0. The molecule has 0 aliphatic heterocycles.